The number of aromatic nitrogens is 1. The summed E-state index contributed by atoms with van der Waals surface area (Å²) in [5.41, 5.74) is 11.9. The minimum absolute atomic E-state index is 0.0319. The lowest BCUT2D eigenvalue weighted by molar-refractivity contribution is -0.138. The van der Waals surface area contributed by atoms with Crippen LogP contribution in [-0.2, 0) is 25.6 Å². The highest BCUT2D eigenvalue weighted by Crippen LogP contribution is 2.32. The van der Waals surface area contributed by atoms with Gasteiger partial charge < -0.3 is 21.8 Å². The molecule has 0 unspecified atom stereocenters. The van der Waals surface area contributed by atoms with Crippen molar-refractivity contribution in [1.29, 1.82) is 0 Å². The summed E-state index contributed by atoms with van der Waals surface area (Å²) in [6, 6.07) is 7.10. The molecule has 9 nitrogen and oxygen atoms in total. The highest BCUT2D eigenvalue weighted by atomic mass is 16.2. The van der Waals surface area contributed by atoms with E-state index in [2.05, 4.69) is 22.2 Å². The Morgan fingerprint density at radius 3 is 2.04 bits per heavy atom. The van der Waals surface area contributed by atoms with Crippen LogP contribution in [0.1, 0.15) is 162 Å². The van der Waals surface area contributed by atoms with E-state index < -0.39 is 17.4 Å². The van der Waals surface area contributed by atoms with Gasteiger partial charge in [-0.15, -0.1) is 0 Å². The number of nitrogens with one attached hydrogen (secondary N) is 2. The lowest BCUT2D eigenvalue weighted by Crippen LogP contribution is -2.49. The Hall–Kier alpha value is -3.49. The van der Waals surface area contributed by atoms with E-state index in [1.165, 1.54) is 71.1 Å². The van der Waals surface area contributed by atoms with Gasteiger partial charge in [-0.05, 0) is 56.6 Å². The molecular weight excluding hydrogens is 651 g/mol. The molecule has 0 radical (unpaired) electrons. The van der Waals surface area contributed by atoms with Crippen molar-refractivity contribution < 1.29 is 19.2 Å². The van der Waals surface area contributed by atoms with Crippen LogP contribution in [0.5, 0.6) is 0 Å². The van der Waals surface area contributed by atoms with E-state index in [1.807, 2.05) is 51.2 Å². The van der Waals surface area contributed by atoms with Crippen LogP contribution < -0.4 is 16.8 Å². The van der Waals surface area contributed by atoms with Gasteiger partial charge in [0.05, 0.1) is 11.5 Å². The highest BCUT2D eigenvalue weighted by molar-refractivity contribution is 5.96. The van der Waals surface area contributed by atoms with Crippen LogP contribution in [0.2, 0.25) is 0 Å². The van der Waals surface area contributed by atoms with Crippen molar-refractivity contribution in [3.8, 4) is 0 Å². The van der Waals surface area contributed by atoms with Crippen molar-refractivity contribution in [2.45, 2.75) is 169 Å². The van der Waals surface area contributed by atoms with Crippen LogP contribution in [0.3, 0.4) is 0 Å². The third-order valence-corrected chi connectivity index (χ3v) is 10.4. The summed E-state index contributed by atoms with van der Waals surface area (Å²) in [6.45, 7) is 9.98. The smallest absolute Gasteiger partial charge is 0.227 e. The number of nitrogens with two attached hydrogens (primary N) is 2. The molecule has 0 saturated heterocycles. The topological polar surface area (TPSA) is 160 Å². The van der Waals surface area contributed by atoms with E-state index in [-0.39, 0.29) is 48.0 Å². The van der Waals surface area contributed by atoms with Gasteiger partial charge in [-0.3, -0.25) is 24.2 Å². The SMILES string of the molecule is CCCCCCCCCCCCCCCC(=O)C[C@@](C)(Cc1c[nH]c2ccccc12)C(=O)N[C@@H](CCCN=C(N)N)C(=O)C[C@@H](CC(C)C)C(C)=O. The number of guanidine groups is 1. The Bertz CT molecular complexity index is 1390. The van der Waals surface area contributed by atoms with Gasteiger partial charge in [-0.1, -0.05) is 123 Å². The molecule has 0 fully saturated rings. The normalized spacial score (nSPS) is 13.8. The van der Waals surface area contributed by atoms with Crippen molar-refractivity contribution in [2.75, 3.05) is 6.54 Å². The Balaban J connectivity index is 2.10. The molecule has 9 heteroatoms. The Morgan fingerprint density at radius 1 is 0.865 bits per heavy atom. The minimum Gasteiger partial charge on any atom is -0.370 e. The van der Waals surface area contributed by atoms with E-state index in [1.54, 1.807) is 0 Å². The highest BCUT2D eigenvalue weighted by Gasteiger charge is 2.38. The molecule has 1 heterocycles. The first kappa shape index (κ1) is 44.7. The van der Waals surface area contributed by atoms with Crippen LogP contribution >= 0.6 is 0 Å². The standard InChI is InChI=1S/C43H71N5O4/c1-6-7-8-9-10-11-12-13-14-15-16-17-18-22-36(50)30-43(5,29-35-31-47-38-24-20-19-23-37(35)38)41(52)48-39(25-21-26-46-42(44)45)40(51)28-34(33(4)49)27-32(2)3/h19-20,23-24,31-32,34,39,47H,6-18,21-22,25-30H2,1-5H3,(H,48,52)(H4,44,45,46)/t34-,39+,43-/m1/s1. The summed E-state index contributed by atoms with van der Waals surface area (Å²) < 4.78 is 0. The number of hydrogen-bond donors (Lipinski definition) is 4. The quantitative estimate of drug-likeness (QED) is 0.0358. The van der Waals surface area contributed by atoms with Crippen molar-refractivity contribution in [3.05, 3.63) is 36.0 Å². The molecular formula is C43H71N5O4. The van der Waals surface area contributed by atoms with Crippen molar-refractivity contribution >= 4 is 40.1 Å². The number of carbonyl (C=O) groups is 4. The number of benzene rings is 1. The van der Waals surface area contributed by atoms with Gasteiger partial charge >= 0.3 is 0 Å². The number of fused-ring (bicyclic) bond motifs is 1. The summed E-state index contributed by atoms with van der Waals surface area (Å²) in [5.74, 6) is -0.693. The number of para-hydroxylation sites is 1. The van der Waals surface area contributed by atoms with Gasteiger partial charge in [0.25, 0.3) is 0 Å². The van der Waals surface area contributed by atoms with Crippen LogP contribution in [0.15, 0.2) is 35.5 Å². The molecule has 292 valence electrons. The van der Waals surface area contributed by atoms with E-state index >= 15 is 0 Å². The lowest BCUT2D eigenvalue weighted by atomic mass is 9.77. The average molecular weight is 722 g/mol. The van der Waals surface area contributed by atoms with Crippen molar-refractivity contribution in [1.82, 2.24) is 10.3 Å². The average Bonchev–Trinajstić information content (AvgIpc) is 3.49. The van der Waals surface area contributed by atoms with E-state index in [9.17, 15) is 19.2 Å². The number of aliphatic imine (C=N–C) groups is 1. The number of H-pyrrole nitrogens is 1. The van der Waals surface area contributed by atoms with Crippen LogP contribution in [0, 0.1) is 17.3 Å². The van der Waals surface area contributed by atoms with Gasteiger partial charge in [-0.25, -0.2) is 0 Å². The minimum atomic E-state index is -1.09. The van der Waals surface area contributed by atoms with Crippen LogP contribution in [0.4, 0.5) is 0 Å². The number of nitrogens with zero attached hydrogens (tertiary/aromatic N) is 1. The predicted molar refractivity (Wildman–Crippen MR) is 215 cm³/mol. The number of hydrogen-bond acceptors (Lipinski definition) is 5. The first-order valence-electron chi connectivity index (χ1n) is 20.3. The third kappa shape index (κ3) is 17.4. The van der Waals surface area contributed by atoms with Crippen LogP contribution in [-0.4, -0.2) is 46.8 Å². The maximum atomic E-state index is 14.3. The van der Waals surface area contributed by atoms with Gasteiger partial charge in [0.1, 0.15) is 11.6 Å². The van der Waals surface area contributed by atoms with Crippen molar-refractivity contribution in [3.63, 3.8) is 0 Å². The molecule has 6 N–H and O–H groups in total. The monoisotopic (exact) mass is 722 g/mol. The Kier molecular flexibility index (Phi) is 21.2. The number of amides is 1. The molecule has 52 heavy (non-hydrogen) atoms. The molecule has 2 aromatic rings. The largest absolute Gasteiger partial charge is 0.370 e. The zero-order chi connectivity index (χ0) is 38.4. The first-order chi connectivity index (χ1) is 24.9. The lowest BCUT2D eigenvalue weighted by Gasteiger charge is -2.31. The molecule has 0 aliphatic rings. The fourth-order valence-electron chi connectivity index (χ4n) is 7.28. The summed E-state index contributed by atoms with van der Waals surface area (Å²) in [6.07, 6.45) is 20.3. The molecule has 1 aromatic carbocycles. The molecule has 0 bridgehead atoms. The number of Topliss-reactive ketones (excluding diaryl/α,β-unsaturated/α-hetero) is 3. The van der Waals surface area contributed by atoms with Gasteiger partial charge in [0, 0.05) is 48.8 Å². The molecule has 0 aliphatic carbocycles. The van der Waals surface area contributed by atoms with E-state index in [4.69, 9.17) is 11.5 Å². The molecule has 1 aromatic heterocycles. The molecule has 3 atom stereocenters. The van der Waals surface area contributed by atoms with E-state index in [0.717, 1.165) is 35.7 Å². The molecule has 0 aliphatic heterocycles. The molecule has 0 saturated carbocycles. The molecule has 0 spiro atoms. The zero-order valence-corrected chi connectivity index (χ0v) is 33.2. The summed E-state index contributed by atoms with van der Waals surface area (Å²) in [5, 5.41) is 4.06. The fourth-order valence-corrected chi connectivity index (χ4v) is 7.28. The Labute approximate surface area is 314 Å². The number of aromatic amines is 1. The second kappa shape index (κ2) is 24.7. The van der Waals surface area contributed by atoms with Gasteiger partial charge in [-0.2, -0.15) is 0 Å². The molecule has 1 amide bonds. The second-order valence-electron chi connectivity index (χ2n) is 15.9. The predicted octanol–water partition coefficient (Wildman–Crippen LogP) is 8.91. The van der Waals surface area contributed by atoms with Gasteiger partial charge in [0.15, 0.2) is 11.7 Å². The number of carbonyl (C=O) groups excluding carboxylic acids is 4. The van der Waals surface area contributed by atoms with Gasteiger partial charge in [0.2, 0.25) is 5.91 Å². The fraction of sp³-hybridized carbons (Fsp3) is 0.698. The maximum Gasteiger partial charge on any atom is 0.227 e. The second-order valence-corrected chi connectivity index (χ2v) is 15.9. The number of unbranched alkanes of at least 4 members (excludes halogenated alkanes) is 12. The maximum absolute atomic E-state index is 14.3. The number of ketones is 3. The van der Waals surface area contributed by atoms with Crippen LogP contribution in [0.25, 0.3) is 10.9 Å². The third-order valence-electron chi connectivity index (χ3n) is 10.4. The summed E-state index contributed by atoms with van der Waals surface area (Å²) in [7, 11) is 0. The first-order valence-corrected chi connectivity index (χ1v) is 20.3. The summed E-state index contributed by atoms with van der Waals surface area (Å²) >= 11 is 0. The summed E-state index contributed by atoms with van der Waals surface area (Å²) in [4.78, 5) is 61.5. The number of rotatable bonds is 30. The zero-order valence-electron chi connectivity index (χ0n) is 33.2. The van der Waals surface area contributed by atoms with E-state index in [0.29, 0.717) is 38.6 Å². The Morgan fingerprint density at radius 2 is 1.46 bits per heavy atom. The molecule has 2 rings (SSSR count). The van der Waals surface area contributed by atoms with Crippen molar-refractivity contribution in [2.24, 2.45) is 33.7 Å².